The fourth-order valence-electron chi connectivity index (χ4n) is 1.93. The molecular formula is C15H11BrFNOS. The normalized spacial score (nSPS) is 10.2. The maximum absolute atomic E-state index is 12.8. The van der Waals surface area contributed by atoms with Gasteiger partial charge in [0, 0.05) is 11.6 Å². The molecule has 0 aliphatic heterocycles. The Morgan fingerprint density at radius 3 is 2.50 bits per heavy atom. The third-order valence-corrected chi connectivity index (χ3v) is 3.95. The van der Waals surface area contributed by atoms with Gasteiger partial charge in [-0.2, -0.15) is 4.98 Å². The van der Waals surface area contributed by atoms with E-state index >= 15 is 0 Å². The van der Waals surface area contributed by atoms with Crippen LogP contribution < -0.4 is 22.0 Å². The Morgan fingerprint density at radius 2 is 1.80 bits per heavy atom. The first kappa shape index (κ1) is 14.8. The second kappa shape index (κ2) is 6.24. The van der Waals surface area contributed by atoms with E-state index in [1.165, 1.54) is 24.3 Å². The SMILES string of the molecule is O=C(Cc1[nH+]c2ccccc2s1)c1ccc(F)cc1.[Br-]. The zero-order chi connectivity index (χ0) is 13.2. The number of thiazole rings is 1. The van der Waals surface area contributed by atoms with E-state index in [1.54, 1.807) is 11.3 Å². The van der Waals surface area contributed by atoms with Gasteiger partial charge in [0.05, 0.1) is 0 Å². The molecule has 0 aliphatic rings. The number of carbonyl (C=O) groups is 1. The van der Waals surface area contributed by atoms with Crippen LogP contribution in [0.4, 0.5) is 4.39 Å². The van der Waals surface area contributed by atoms with Crippen LogP contribution in [0.25, 0.3) is 10.2 Å². The van der Waals surface area contributed by atoms with Gasteiger partial charge in [0.2, 0.25) is 10.5 Å². The first-order valence-corrected chi connectivity index (χ1v) is 6.72. The minimum Gasteiger partial charge on any atom is -1.00 e. The van der Waals surface area contributed by atoms with E-state index in [2.05, 4.69) is 4.98 Å². The molecule has 0 bridgehead atoms. The van der Waals surface area contributed by atoms with Crippen molar-refractivity contribution >= 4 is 27.3 Å². The van der Waals surface area contributed by atoms with Crippen molar-refractivity contribution in [3.63, 3.8) is 0 Å². The third-order valence-electron chi connectivity index (χ3n) is 2.88. The van der Waals surface area contributed by atoms with Crippen molar-refractivity contribution in [3.05, 3.63) is 64.9 Å². The van der Waals surface area contributed by atoms with Crippen LogP contribution in [0.3, 0.4) is 0 Å². The van der Waals surface area contributed by atoms with Crippen LogP contribution in [0, 0.1) is 5.82 Å². The van der Waals surface area contributed by atoms with E-state index in [9.17, 15) is 9.18 Å². The van der Waals surface area contributed by atoms with E-state index in [-0.39, 0.29) is 28.6 Å². The van der Waals surface area contributed by atoms with Gasteiger partial charge in [-0.25, -0.2) is 4.39 Å². The van der Waals surface area contributed by atoms with Crippen molar-refractivity contribution in [3.8, 4) is 0 Å². The quantitative estimate of drug-likeness (QED) is 0.624. The van der Waals surface area contributed by atoms with Gasteiger partial charge in [0.25, 0.3) is 0 Å². The average Bonchev–Trinajstić information content (AvgIpc) is 2.81. The molecule has 3 aromatic rings. The highest BCUT2D eigenvalue weighted by Crippen LogP contribution is 2.19. The topological polar surface area (TPSA) is 31.2 Å². The number of benzene rings is 2. The Morgan fingerprint density at radius 1 is 1.10 bits per heavy atom. The number of fused-ring (bicyclic) bond motifs is 1. The summed E-state index contributed by atoms with van der Waals surface area (Å²) in [5.74, 6) is -0.340. The fourth-order valence-corrected chi connectivity index (χ4v) is 2.94. The number of H-pyrrole nitrogens is 1. The monoisotopic (exact) mass is 351 g/mol. The minimum absolute atomic E-state index is 0. The van der Waals surface area contributed by atoms with Gasteiger partial charge in [-0.1, -0.05) is 23.5 Å². The Balaban J connectivity index is 0.00000147. The molecule has 0 saturated carbocycles. The van der Waals surface area contributed by atoms with Gasteiger partial charge in [0.1, 0.15) is 16.9 Å². The summed E-state index contributed by atoms with van der Waals surface area (Å²) in [6.07, 6.45) is 0.310. The molecular weight excluding hydrogens is 341 g/mol. The number of Topliss-reactive ketones (excluding diaryl/α,β-unsaturated/α-hetero) is 1. The van der Waals surface area contributed by atoms with Gasteiger partial charge >= 0.3 is 0 Å². The van der Waals surface area contributed by atoms with E-state index in [4.69, 9.17) is 0 Å². The Labute approximate surface area is 130 Å². The van der Waals surface area contributed by atoms with Crippen LogP contribution in [0.1, 0.15) is 15.4 Å². The number of hydrogen-bond donors (Lipinski definition) is 0. The van der Waals surface area contributed by atoms with Crippen molar-refractivity contribution < 1.29 is 31.2 Å². The number of nitrogens with one attached hydrogen (secondary N) is 1. The lowest BCUT2D eigenvalue weighted by molar-refractivity contribution is -0.349. The van der Waals surface area contributed by atoms with Crippen molar-refractivity contribution in [2.45, 2.75) is 6.42 Å². The highest BCUT2D eigenvalue weighted by Gasteiger charge is 2.15. The molecule has 0 amide bonds. The molecule has 0 saturated heterocycles. The van der Waals surface area contributed by atoms with Gasteiger partial charge in [-0.3, -0.25) is 4.79 Å². The van der Waals surface area contributed by atoms with Crippen molar-refractivity contribution in [1.82, 2.24) is 0 Å². The smallest absolute Gasteiger partial charge is 0.244 e. The van der Waals surface area contributed by atoms with E-state index in [0.717, 1.165) is 15.2 Å². The van der Waals surface area contributed by atoms with Crippen LogP contribution in [0.2, 0.25) is 0 Å². The highest BCUT2D eigenvalue weighted by molar-refractivity contribution is 7.18. The maximum atomic E-state index is 12.8. The number of halogens is 2. The zero-order valence-corrected chi connectivity index (χ0v) is 12.8. The zero-order valence-electron chi connectivity index (χ0n) is 10.4. The summed E-state index contributed by atoms with van der Waals surface area (Å²) >= 11 is 1.57. The van der Waals surface area contributed by atoms with Gasteiger partial charge in [-0.15, -0.1) is 0 Å². The van der Waals surface area contributed by atoms with Crippen LogP contribution in [0.15, 0.2) is 48.5 Å². The van der Waals surface area contributed by atoms with Crippen LogP contribution in [-0.2, 0) is 6.42 Å². The van der Waals surface area contributed by atoms with E-state index in [0.29, 0.717) is 12.0 Å². The molecule has 20 heavy (non-hydrogen) atoms. The van der Waals surface area contributed by atoms with Crippen molar-refractivity contribution in [1.29, 1.82) is 0 Å². The molecule has 0 fully saturated rings. The molecule has 5 heteroatoms. The molecule has 1 N–H and O–H groups in total. The predicted octanol–water partition coefficient (Wildman–Crippen LogP) is 0.284. The second-order valence-electron chi connectivity index (χ2n) is 4.25. The number of ketones is 1. The Bertz CT molecular complexity index is 706. The molecule has 1 heterocycles. The molecule has 2 aromatic carbocycles. The van der Waals surface area contributed by atoms with Gasteiger partial charge in [0.15, 0.2) is 5.78 Å². The van der Waals surface area contributed by atoms with Gasteiger partial charge in [-0.05, 0) is 30.3 Å². The Kier molecular flexibility index (Phi) is 4.62. The fraction of sp³-hybridized carbons (Fsp3) is 0.0667. The molecule has 2 nitrogen and oxygen atoms in total. The lowest BCUT2D eigenvalue weighted by atomic mass is 10.1. The van der Waals surface area contributed by atoms with E-state index < -0.39 is 0 Å². The first-order valence-electron chi connectivity index (χ1n) is 5.91. The molecule has 0 radical (unpaired) electrons. The number of aromatic nitrogens is 1. The van der Waals surface area contributed by atoms with E-state index in [1.807, 2.05) is 24.3 Å². The number of rotatable bonds is 3. The summed E-state index contributed by atoms with van der Waals surface area (Å²) in [6, 6.07) is 13.6. The number of carbonyl (C=O) groups excluding carboxylic acids is 1. The lowest BCUT2D eigenvalue weighted by Gasteiger charge is -1.96. The summed E-state index contributed by atoms with van der Waals surface area (Å²) in [5.41, 5.74) is 1.57. The average molecular weight is 352 g/mol. The largest absolute Gasteiger partial charge is 1.00 e. The molecule has 102 valence electrons. The molecule has 0 atom stereocenters. The standard InChI is InChI=1S/C15H10FNOS.BrH/c16-11-7-5-10(6-8-11)13(18)9-15-17-12-3-1-2-4-14(12)19-15;/h1-8H,9H2;1H. The summed E-state index contributed by atoms with van der Waals surface area (Å²) in [4.78, 5) is 15.3. The van der Waals surface area contributed by atoms with Crippen LogP contribution in [0.5, 0.6) is 0 Å². The number of aromatic amines is 1. The third kappa shape index (κ3) is 3.11. The summed E-state index contributed by atoms with van der Waals surface area (Å²) in [7, 11) is 0. The molecule has 0 unspecified atom stereocenters. The number of para-hydroxylation sites is 1. The summed E-state index contributed by atoms with van der Waals surface area (Å²) in [6.45, 7) is 0. The predicted molar refractivity (Wildman–Crippen MR) is 72.8 cm³/mol. The summed E-state index contributed by atoms with van der Waals surface area (Å²) < 4.78 is 13.9. The molecule has 0 aliphatic carbocycles. The van der Waals surface area contributed by atoms with Crippen molar-refractivity contribution in [2.24, 2.45) is 0 Å². The number of hydrogen-bond acceptors (Lipinski definition) is 2. The van der Waals surface area contributed by atoms with Crippen LogP contribution >= 0.6 is 11.3 Å². The maximum Gasteiger partial charge on any atom is 0.244 e. The molecule has 3 rings (SSSR count). The Hall–Kier alpha value is -1.59. The first-order chi connectivity index (χ1) is 9.22. The van der Waals surface area contributed by atoms with Crippen molar-refractivity contribution in [2.75, 3.05) is 0 Å². The van der Waals surface area contributed by atoms with Crippen LogP contribution in [-0.4, -0.2) is 5.78 Å². The molecule has 1 aromatic heterocycles. The minimum atomic E-state index is -0.329. The summed E-state index contributed by atoms with van der Waals surface area (Å²) in [5, 5.41) is 0.913. The molecule has 0 spiro atoms. The second-order valence-corrected chi connectivity index (χ2v) is 5.39. The lowest BCUT2D eigenvalue weighted by Crippen LogP contribution is -3.00. The highest BCUT2D eigenvalue weighted by atomic mass is 79.9. The van der Waals surface area contributed by atoms with Gasteiger partial charge < -0.3 is 17.0 Å².